The topological polar surface area (TPSA) is 83.7 Å². The quantitative estimate of drug-likeness (QED) is 0.887. The van der Waals surface area contributed by atoms with Gasteiger partial charge in [-0.3, -0.25) is 0 Å². The van der Waals surface area contributed by atoms with Gasteiger partial charge in [-0.2, -0.15) is 4.98 Å². The maximum absolute atomic E-state index is 12.3. The highest BCUT2D eigenvalue weighted by Gasteiger charge is 2.38. The second-order valence-electron chi connectivity index (χ2n) is 6.27. The fraction of sp³-hybridized carbons (Fsp3) is 0.786. The summed E-state index contributed by atoms with van der Waals surface area (Å²) >= 11 is 0. The monoisotopic (exact) mass is 309 g/mol. The summed E-state index contributed by atoms with van der Waals surface area (Å²) in [6.45, 7) is 3.52. The molecule has 1 aromatic rings. The van der Waals surface area contributed by atoms with Gasteiger partial charge in [0.25, 0.3) is 5.95 Å². The number of morpholine rings is 1. The number of carbonyl (C=O) groups excluding carboxylic acids is 1. The van der Waals surface area contributed by atoms with E-state index in [1.165, 1.54) is 12.8 Å². The van der Waals surface area contributed by atoms with Crippen molar-refractivity contribution in [2.24, 2.45) is 5.92 Å². The van der Waals surface area contributed by atoms with Crippen molar-refractivity contribution in [3.05, 3.63) is 5.89 Å². The molecule has 122 valence electrons. The van der Waals surface area contributed by atoms with Crippen LogP contribution >= 0.6 is 0 Å². The molecular weight excluding hydrogens is 286 g/mol. The molecule has 2 fully saturated rings. The van der Waals surface area contributed by atoms with Gasteiger partial charge in [0.2, 0.25) is 5.89 Å². The highest BCUT2D eigenvalue weighted by molar-refractivity contribution is 5.74. The van der Waals surface area contributed by atoms with Gasteiger partial charge in [-0.25, -0.2) is 4.79 Å². The summed E-state index contributed by atoms with van der Waals surface area (Å²) < 4.78 is 11.0. The number of rotatable bonds is 4. The van der Waals surface area contributed by atoms with Crippen LogP contribution in [-0.4, -0.2) is 60.5 Å². The molecule has 2 amide bonds. The minimum Gasteiger partial charge on any atom is -0.371 e. The third kappa shape index (κ3) is 3.49. The van der Waals surface area contributed by atoms with Crippen molar-refractivity contribution in [2.45, 2.75) is 38.5 Å². The van der Waals surface area contributed by atoms with Crippen LogP contribution in [-0.2, 0) is 11.3 Å². The van der Waals surface area contributed by atoms with Crippen LogP contribution in [0, 0.1) is 5.92 Å². The summed E-state index contributed by atoms with van der Waals surface area (Å²) in [4.78, 5) is 20.1. The van der Waals surface area contributed by atoms with Crippen LogP contribution in [0.15, 0.2) is 4.52 Å². The summed E-state index contributed by atoms with van der Waals surface area (Å²) in [6, 6.07) is -0.106. The van der Waals surface area contributed by atoms with Crippen LogP contribution in [0.2, 0.25) is 0 Å². The number of carbonyl (C=O) groups is 1. The molecule has 1 N–H and O–H groups in total. The van der Waals surface area contributed by atoms with E-state index in [9.17, 15) is 4.79 Å². The molecule has 2 atom stereocenters. The van der Waals surface area contributed by atoms with Crippen molar-refractivity contribution in [2.75, 3.05) is 32.1 Å². The highest BCUT2D eigenvalue weighted by atomic mass is 16.5. The van der Waals surface area contributed by atoms with Gasteiger partial charge in [0.05, 0.1) is 18.8 Å². The van der Waals surface area contributed by atoms with Gasteiger partial charge in [-0.15, -0.1) is 0 Å². The molecule has 0 bridgehead atoms. The maximum atomic E-state index is 12.3. The standard InChI is InChI=1S/C14H23N5O3/c1-9-7-19(8-11(21-9)10-4-5-10)14(20)15-6-12-16-13(17-22-12)18(2)3/h9-11H,4-8H2,1-3H3,(H,15,20). The normalized spacial score (nSPS) is 25.1. The minimum absolute atomic E-state index is 0.0776. The predicted octanol–water partition coefficient (Wildman–Crippen LogP) is 0.845. The summed E-state index contributed by atoms with van der Waals surface area (Å²) in [5.41, 5.74) is 0. The first kappa shape index (κ1) is 15.1. The van der Waals surface area contributed by atoms with Crippen LogP contribution < -0.4 is 10.2 Å². The lowest BCUT2D eigenvalue weighted by molar-refractivity contribution is -0.0731. The van der Waals surface area contributed by atoms with E-state index in [-0.39, 0.29) is 24.8 Å². The zero-order valence-corrected chi connectivity index (χ0v) is 13.3. The molecule has 1 aromatic heterocycles. The smallest absolute Gasteiger partial charge is 0.318 e. The molecule has 1 saturated heterocycles. The van der Waals surface area contributed by atoms with Gasteiger partial charge < -0.3 is 24.4 Å². The van der Waals surface area contributed by atoms with Crippen molar-refractivity contribution < 1.29 is 14.1 Å². The van der Waals surface area contributed by atoms with E-state index in [0.29, 0.717) is 30.8 Å². The Kier molecular flexibility index (Phi) is 4.19. The number of amides is 2. The molecule has 0 aromatic carbocycles. The average molecular weight is 309 g/mol. The van der Waals surface area contributed by atoms with E-state index in [1.54, 1.807) is 4.90 Å². The number of anilines is 1. The summed E-state index contributed by atoms with van der Waals surface area (Å²) in [7, 11) is 3.67. The van der Waals surface area contributed by atoms with Crippen LogP contribution in [0.1, 0.15) is 25.7 Å². The largest absolute Gasteiger partial charge is 0.371 e. The Morgan fingerprint density at radius 2 is 2.18 bits per heavy atom. The fourth-order valence-corrected chi connectivity index (χ4v) is 2.64. The lowest BCUT2D eigenvalue weighted by Crippen LogP contribution is -2.52. The van der Waals surface area contributed by atoms with E-state index >= 15 is 0 Å². The molecule has 1 aliphatic carbocycles. The zero-order chi connectivity index (χ0) is 15.7. The van der Waals surface area contributed by atoms with Gasteiger partial charge >= 0.3 is 6.03 Å². The molecule has 22 heavy (non-hydrogen) atoms. The first-order chi connectivity index (χ1) is 10.5. The molecule has 8 nitrogen and oxygen atoms in total. The van der Waals surface area contributed by atoms with Gasteiger partial charge in [0.1, 0.15) is 0 Å². The highest BCUT2D eigenvalue weighted by Crippen LogP contribution is 2.36. The van der Waals surface area contributed by atoms with Crippen LogP contribution in [0.25, 0.3) is 0 Å². The summed E-state index contributed by atoms with van der Waals surface area (Å²) in [5, 5.41) is 6.65. The van der Waals surface area contributed by atoms with E-state index in [4.69, 9.17) is 9.26 Å². The molecule has 0 spiro atoms. The Labute approximate surface area is 129 Å². The van der Waals surface area contributed by atoms with Gasteiger partial charge in [0.15, 0.2) is 0 Å². The lowest BCUT2D eigenvalue weighted by atomic mass is 10.1. The SMILES string of the molecule is CC1CN(C(=O)NCc2nc(N(C)C)no2)CC(C2CC2)O1. The number of aromatic nitrogens is 2. The predicted molar refractivity (Wildman–Crippen MR) is 79.5 cm³/mol. The molecular formula is C14H23N5O3. The van der Waals surface area contributed by atoms with Crippen LogP contribution in [0.3, 0.4) is 0 Å². The Hall–Kier alpha value is -1.83. The number of nitrogens with one attached hydrogen (secondary N) is 1. The molecule has 1 aliphatic heterocycles. The summed E-state index contributed by atoms with van der Waals surface area (Å²) in [6.07, 6.45) is 2.68. The Balaban J connectivity index is 1.52. The molecule has 8 heteroatoms. The van der Waals surface area contributed by atoms with E-state index in [2.05, 4.69) is 15.5 Å². The minimum atomic E-state index is -0.106. The molecule has 1 saturated carbocycles. The number of hydrogen-bond acceptors (Lipinski definition) is 6. The summed E-state index contributed by atoms with van der Waals surface area (Å²) in [5.74, 6) is 1.52. The van der Waals surface area contributed by atoms with Crippen LogP contribution in [0.4, 0.5) is 10.7 Å². The van der Waals surface area contributed by atoms with Crippen LogP contribution in [0.5, 0.6) is 0 Å². The second kappa shape index (κ2) is 6.12. The second-order valence-corrected chi connectivity index (χ2v) is 6.27. The lowest BCUT2D eigenvalue weighted by Gasteiger charge is -2.36. The number of nitrogens with zero attached hydrogens (tertiary/aromatic N) is 4. The number of hydrogen-bond donors (Lipinski definition) is 1. The van der Waals surface area contributed by atoms with E-state index in [0.717, 1.165) is 0 Å². The van der Waals surface area contributed by atoms with E-state index in [1.807, 2.05) is 25.9 Å². The Morgan fingerprint density at radius 3 is 2.82 bits per heavy atom. The fourth-order valence-electron chi connectivity index (χ4n) is 2.64. The van der Waals surface area contributed by atoms with Crippen molar-refractivity contribution in [1.29, 1.82) is 0 Å². The van der Waals surface area contributed by atoms with Gasteiger partial charge in [-0.05, 0) is 30.8 Å². The third-order valence-electron chi connectivity index (χ3n) is 3.97. The van der Waals surface area contributed by atoms with Crippen molar-refractivity contribution >= 4 is 12.0 Å². The Bertz CT molecular complexity index is 528. The molecule has 0 radical (unpaired) electrons. The van der Waals surface area contributed by atoms with Gasteiger partial charge in [0, 0.05) is 27.2 Å². The van der Waals surface area contributed by atoms with Gasteiger partial charge in [-0.1, -0.05) is 0 Å². The maximum Gasteiger partial charge on any atom is 0.318 e. The first-order valence-corrected chi connectivity index (χ1v) is 7.71. The molecule has 3 rings (SSSR count). The number of urea groups is 1. The number of ether oxygens (including phenoxy) is 1. The molecule has 2 unspecified atom stereocenters. The van der Waals surface area contributed by atoms with Crippen molar-refractivity contribution in [3.8, 4) is 0 Å². The van der Waals surface area contributed by atoms with E-state index < -0.39 is 0 Å². The zero-order valence-electron chi connectivity index (χ0n) is 13.3. The average Bonchev–Trinajstić information content (AvgIpc) is 3.22. The molecule has 2 heterocycles. The first-order valence-electron chi connectivity index (χ1n) is 7.71. The molecule has 2 aliphatic rings. The van der Waals surface area contributed by atoms with Crippen molar-refractivity contribution in [1.82, 2.24) is 20.4 Å². The third-order valence-corrected chi connectivity index (χ3v) is 3.97. The Morgan fingerprint density at radius 1 is 1.41 bits per heavy atom. The van der Waals surface area contributed by atoms with Crippen molar-refractivity contribution in [3.63, 3.8) is 0 Å².